The van der Waals surface area contributed by atoms with E-state index in [4.69, 9.17) is 18.9 Å². The van der Waals surface area contributed by atoms with Gasteiger partial charge in [0.05, 0.1) is 13.2 Å². The van der Waals surface area contributed by atoms with Crippen LogP contribution in [0.4, 0.5) is 0 Å². The molecule has 1 fully saturated rings. The number of hydrogen-bond acceptors (Lipinski definition) is 11. The summed E-state index contributed by atoms with van der Waals surface area (Å²) >= 11 is 0. The molecule has 0 aromatic heterocycles. The van der Waals surface area contributed by atoms with Crippen LogP contribution in [-0.2, 0) is 30.2 Å². The number of aromatic hydroxyl groups is 1. The molecule has 0 aliphatic carbocycles. The predicted molar refractivity (Wildman–Crippen MR) is 170 cm³/mol. The number of rotatable bonds is 17. The number of esters is 2. The Labute approximate surface area is 270 Å². The van der Waals surface area contributed by atoms with Crippen molar-refractivity contribution in [2.75, 3.05) is 20.3 Å². The van der Waals surface area contributed by atoms with Crippen molar-refractivity contribution in [3.8, 4) is 11.5 Å². The van der Waals surface area contributed by atoms with Crippen LogP contribution in [-0.4, -0.2) is 88.5 Å². The fourth-order valence-corrected chi connectivity index (χ4v) is 5.50. The zero-order valence-electron chi connectivity index (χ0n) is 26.8. The van der Waals surface area contributed by atoms with E-state index in [1.807, 2.05) is 24.3 Å². The smallest absolute Gasteiger partial charge is 0.334 e. The number of aliphatic hydroxyl groups is 4. The molecular formula is C35H48O11. The average Bonchev–Trinajstić information content (AvgIpc) is 3.04. The second-order valence-corrected chi connectivity index (χ2v) is 11.6. The minimum atomic E-state index is -1.68. The SMILES string of the molecule is CCCCCCC(=O)O[C@H]1[C@@H](O)[C@H](C)O[C@@H](O)[C@@H]1OC(=O)C(=Cc1ccc(O)c(OC)c1)C[C@H](CCO)c1cccc(CCO)c1. The second-order valence-electron chi connectivity index (χ2n) is 11.6. The lowest BCUT2D eigenvalue weighted by Gasteiger charge is -2.40. The highest BCUT2D eigenvalue weighted by molar-refractivity contribution is 5.94. The monoisotopic (exact) mass is 644 g/mol. The Hall–Kier alpha value is -3.48. The van der Waals surface area contributed by atoms with Gasteiger partial charge in [-0.3, -0.25) is 4.79 Å². The first-order valence-corrected chi connectivity index (χ1v) is 15.9. The van der Waals surface area contributed by atoms with Crippen LogP contribution in [0.3, 0.4) is 0 Å². The number of unbranched alkanes of at least 4 members (excludes halogenated alkanes) is 3. The Balaban J connectivity index is 1.95. The van der Waals surface area contributed by atoms with E-state index in [-0.39, 0.29) is 49.0 Å². The maximum absolute atomic E-state index is 13.9. The zero-order chi connectivity index (χ0) is 33.6. The Morgan fingerprint density at radius 3 is 2.48 bits per heavy atom. The van der Waals surface area contributed by atoms with Gasteiger partial charge in [0.25, 0.3) is 0 Å². The van der Waals surface area contributed by atoms with Gasteiger partial charge < -0.3 is 44.5 Å². The van der Waals surface area contributed by atoms with Gasteiger partial charge in [-0.1, -0.05) is 56.5 Å². The standard InChI is InChI=1S/C35H48O11/c1-4-5-6-7-11-30(39)45-32-31(40)22(2)44-35(42)33(32)46-34(41)27(19-24-12-13-28(38)29(20-24)43-3)21-26(15-17-37)25-10-8-9-23(18-25)14-16-36/h8-10,12-13,18-20,22,26,31-33,35-38,40,42H,4-7,11,14-17,21H2,1-3H3/t22-,26-,31-,32-,33+,35+/m0/s1. The quantitative estimate of drug-likeness (QED) is 0.0964. The molecule has 11 nitrogen and oxygen atoms in total. The number of hydrogen-bond donors (Lipinski definition) is 5. The van der Waals surface area contributed by atoms with Crippen molar-refractivity contribution in [3.05, 3.63) is 64.7 Å². The van der Waals surface area contributed by atoms with Gasteiger partial charge in [0.15, 0.2) is 30.0 Å². The molecule has 254 valence electrons. The summed E-state index contributed by atoms with van der Waals surface area (Å²) in [7, 11) is 1.40. The van der Waals surface area contributed by atoms with Crippen LogP contribution >= 0.6 is 0 Å². The van der Waals surface area contributed by atoms with Crippen LogP contribution in [0.15, 0.2) is 48.0 Å². The molecule has 6 atom stereocenters. The molecule has 5 N–H and O–H groups in total. The van der Waals surface area contributed by atoms with Gasteiger partial charge in [-0.25, -0.2) is 4.79 Å². The molecule has 1 saturated heterocycles. The molecule has 0 spiro atoms. The second kappa shape index (κ2) is 18.6. The van der Waals surface area contributed by atoms with Crippen molar-refractivity contribution < 1.29 is 54.1 Å². The molecule has 46 heavy (non-hydrogen) atoms. The fraction of sp³-hybridized carbons (Fsp3) is 0.543. The van der Waals surface area contributed by atoms with E-state index in [0.717, 1.165) is 30.4 Å². The maximum atomic E-state index is 13.9. The van der Waals surface area contributed by atoms with Crippen molar-refractivity contribution >= 4 is 18.0 Å². The summed E-state index contributed by atoms with van der Waals surface area (Å²) in [5.74, 6) is -1.70. The van der Waals surface area contributed by atoms with E-state index in [0.29, 0.717) is 24.8 Å². The predicted octanol–water partition coefficient (Wildman–Crippen LogP) is 3.77. The fourth-order valence-electron chi connectivity index (χ4n) is 5.50. The summed E-state index contributed by atoms with van der Waals surface area (Å²) in [6, 6.07) is 12.1. The third-order valence-electron chi connectivity index (χ3n) is 8.10. The van der Waals surface area contributed by atoms with Crippen LogP contribution in [0.2, 0.25) is 0 Å². The largest absolute Gasteiger partial charge is 0.504 e. The van der Waals surface area contributed by atoms with Crippen molar-refractivity contribution in [2.45, 2.75) is 102 Å². The Morgan fingerprint density at radius 1 is 1.00 bits per heavy atom. The molecule has 1 aliphatic rings. The molecule has 1 aliphatic heterocycles. The van der Waals surface area contributed by atoms with E-state index in [9.17, 15) is 35.1 Å². The first-order valence-electron chi connectivity index (χ1n) is 15.9. The summed E-state index contributed by atoms with van der Waals surface area (Å²) in [5, 5.41) is 51.1. The lowest BCUT2D eigenvalue weighted by molar-refractivity contribution is -0.285. The van der Waals surface area contributed by atoms with Crippen LogP contribution in [0.1, 0.15) is 81.4 Å². The summed E-state index contributed by atoms with van der Waals surface area (Å²) in [4.78, 5) is 26.6. The van der Waals surface area contributed by atoms with Gasteiger partial charge in [-0.2, -0.15) is 0 Å². The number of ether oxygens (including phenoxy) is 4. The topological polar surface area (TPSA) is 172 Å². The molecule has 0 bridgehead atoms. The summed E-state index contributed by atoms with van der Waals surface area (Å²) < 4.78 is 22.0. The third kappa shape index (κ3) is 10.5. The van der Waals surface area contributed by atoms with Gasteiger partial charge in [0.2, 0.25) is 0 Å². The van der Waals surface area contributed by atoms with E-state index < -0.39 is 42.6 Å². The number of aliphatic hydroxyl groups excluding tert-OH is 4. The van der Waals surface area contributed by atoms with E-state index in [2.05, 4.69) is 6.92 Å². The van der Waals surface area contributed by atoms with Crippen molar-refractivity contribution in [2.24, 2.45) is 0 Å². The zero-order valence-corrected chi connectivity index (χ0v) is 26.8. The number of phenols is 1. The highest BCUT2D eigenvalue weighted by Crippen LogP contribution is 2.33. The van der Waals surface area contributed by atoms with Crippen LogP contribution < -0.4 is 4.74 Å². The molecule has 2 aromatic rings. The highest BCUT2D eigenvalue weighted by Gasteiger charge is 2.48. The number of phenolic OH excluding ortho intramolecular Hbond substituents is 1. The van der Waals surface area contributed by atoms with Gasteiger partial charge in [0, 0.05) is 25.2 Å². The van der Waals surface area contributed by atoms with Gasteiger partial charge in [-0.05, 0) is 73.4 Å². The molecule has 11 heteroatoms. The first kappa shape index (κ1) is 37.0. The van der Waals surface area contributed by atoms with Gasteiger partial charge in [-0.15, -0.1) is 0 Å². The Bertz CT molecular complexity index is 1290. The first-order chi connectivity index (χ1) is 22.1. The summed E-state index contributed by atoms with van der Waals surface area (Å²) in [6.07, 6.45) is -0.952. The molecule has 0 amide bonds. The van der Waals surface area contributed by atoms with Crippen LogP contribution in [0, 0.1) is 0 Å². The minimum Gasteiger partial charge on any atom is -0.504 e. The minimum absolute atomic E-state index is 0.0327. The number of benzene rings is 2. The number of carbonyl (C=O) groups excluding carboxylic acids is 2. The molecule has 0 saturated carbocycles. The number of methoxy groups -OCH3 is 1. The average molecular weight is 645 g/mol. The lowest BCUT2D eigenvalue weighted by Crippen LogP contribution is -2.59. The molecule has 0 radical (unpaired) electrons. The van der Waals surface area contributed by atoms with Crippen LogP contribution in [0.25, 0.3) is 6.08 Å². The Morgan fingerprint density at radius 2 is 1.78 bits per heavy atom. The summed E-state index contributed by atoms with van der Waals surface area (Å²) in [6.45, 7) is 3.37. The van der Waals surface area contributed by atoms with E-state index in [1.165, 1.54) is 20.1 Å². The van der Waals surface area contributed by atoms with E-state index in [1.54, 1.807) is 18.2 Å². The Kier molecular flexibility index (Phi) is 15.0. The molecule has 3 rings (SSSR count). The van der Waals surface area contributed by atoms with Crippen molar-refractivity contribution in [1.29, 1.82) is 0 Å². The maximum Gasteiger partial charge on any atom is 0.334 e. The highest BCUT2D eigenvalue weighted by atomic mass is 16.7. The van der Waals surface area contributed by atoms with Gasteiger partial charge in [0.1, 0.15) is 6.10 Å². The van der Waals surface area contributed by atoms with E-state index >= 15 is 0 Å². The van der Waals surface area contributed by atoms with Crippen molar-refractivity contribution in [1.82, 2.24) is 0 Å². The van der Waals surface area contributed by atoms with Gasteiger partial charge >= 0.3 is 11.9 Å². The third-order valence-corrected chi connectivity index (χ3v) is 8.10. The molecular weight excluding hydrogens is 596 g/mol. The number of carbonyl (C=O) groups is 2. The molecule has 1 heterocycles. The lowest BCUT2D eigenvalue weighted by atomic mass is 9.87. The van der Waals surface area contributed by atoms with Crippen LogP contribution in [0.5, 0.6) is 11.5 Å². The van der Waals surface area contributed by atoms with Crippen molar-refractivity contribution in [3.63, 3.8) is 0 Å². The molecule has 0 unspecified atom stereocenters. The normalized spacial score (nSPS) is 22.2. The molecule has 2 aromatic carbocycles. The summed E-state index contributed by atoms with van der Waals surface area (Å²) in [5.41, 5.74) is 2.37.